The number of carbonyl (C=O) groups excluding carboxylic acids is 3. The van der Waals surface area contributed by atoms with E-state index in [9.17, 15) is 14.4 Å². The molecular weight excluding hydrogens is 566 g/mol. The summed E-state index contributed by atoms with van der Waals surface area (Å²) in [4.78, 5) is 38.5. The molecule has 1 amide bonds. The summed E-state index contributed by atoms with van der Waals surface area (Å²) < 4.78 is 52.7. The van der Waals surface area contributed by atoms with Crippen molar-refractivity contribution in [3.05, 3.63) is 36.4 Å². The van der Waals surface area contributed by atoms with Crippen molar-refractivity contribution in [2.45, 2.75) is 102 Å². The van der Waals surface area contributed by atoms with Gasteiger partial charge in [-0.05, 0) is 64.1 Å². The first-order valence-electron chi connectivity index (χ1n) is 14.2. The second kappa shape index (κ2) is 12.1. The number of anilines is 1. The van der Waals surface area contributed by atoms with Gasteiger partial charge in [0.15, 0.2) is 24.0 Å². The molecular formula is C30H39NO12. The third-order valence-corrected chi connectivity index (χ3v) is 7.50. The average Bonchev–Trinajstić information content (AvgIpc) is 3.46. The van der Waals surface area contributed by atoms with Crippen LogP contribution in [0.1, 0.15) is 41.5 Å². The monoisotopic (exact) mass is 605 g/mol. The SMILES string of the molecule is COc1ccc(N2C(=O)[C@@H](O[C@@H]3C=C[C@H](OC(C)=O)[C@@H](COC(C)=O)O3)[C@H]2[C@H]2OC(C)(C)OC2C2COC(C)(C)O2)cc1. The van der Waals surface area contributed by atoms with Gasteiger partial charge in [-0.3, -0.25) is 14.4 Å². The number of hydrogen-bond donors (Lipinski definition) is 0. The summed E-state index contributed by atoms with van der Waals surface area (Å²) in [6.45, 7) is 9.90. The predicted octanol–water partition coefficient (Wildman–Crippen LogP) is 2.24. The molecule has 4 aliphatic rings. The van der Waals surface area contributed by atoms with E-state index in [1.165, 1.54) is 13.8 Å². The largest absolute Gasteiger partial charge is 0.497 e. The zero-order valence-electron chi connectivity index (χ0n) is 25.3. The van der Waals surface area contributed by atoms with E-state index < -0.39 is 72.5 Å². The molecule has 3 fully saturated rings. The number of hydrogen-bond acceptors (Lipinski definition) is 12. The fourth-order valence-corrected chi connectivity index (χ4v) is 5.71. The Morgan fingerprint density at radius 3 is 2.26 bits per heavy atom. The molecule has 236 valence electrons. The van der Waals surface area contributed by atoms with Crippen LogP contribution >= 0.6 is 0 Å². The first-order chi connectivity index (χ1) is 20.3. The molecule has 0 spiro atoms. The summed E-state index contributed by atoms with van der Waals surface area (Å²) in [5.74, 6) is -2.50. The molecule has 2 unspecified atom stereocenters. The molecule has 1 aromatic rings. The van der Waals surface area contributed by atoms with E-state index in [-0.39, 0.29) is 19.1 Å². The first-order valence-corrected chi connectivity index (χ1v) is 14.2. The van der Waals surface area contributed by atoms with Gasteiger partial charge in [-0.25, -0.2) is 0 Å². The molecule has 0 aliphatic carbocycles. The van der Waals surface area contributed by atoms with Gasteiger partial charge in [0.2, 0.25) is 0 Å². The van der Waals surface area contributed by atoms with Crippen LogP contribution in [0.15, 0.2) is 36.4 Å². The van der Waals surface area contributed by atoms with E-state index in [0.717, 1.165) is 0 Å². The molecule has 0 saturated carbocycles. The van der Waals surface area contributed by atoms with E-state index >= 15 is 0 Å². The Balaban J connectivity index is 1.42. The molecule has 1 aromatic carbocycles. The zero-order valence-corrected chi connectivity index (χ0v) is 25.3. The van der Waals surface area contributed by atoms with Crippen LogP contribution in [0.5, 0.6) is 5.75 Å². The lowest BCUT2D eigenvalue weighted by Crippen LogP contribution is -2.73. The highest BCUT2D eigenvalue weighted by molar-refractivity contribution is 6.05. The molecule has 13 nitrogen and oxygen atoms in total. The number of carbonyl (C=O) groups is 3. The van der Waals surface area contributed by atoms with E-state index in [0.29, 0.717) is 11.4 Å². The lowest BCUT2D eigenvalue weighted by Gasteiger charge is -2.50. The summed E-state index contributed by atoms with van der Waals surface area (Å²) in [7, 11) is 1.57. The first kappa shape index (κ1) is 31.4. The van der Waals surface area contributed by atoms with Crippen molar-refractivity contribution >= 4 is 23.5 Å². The van der Waals surface area contributed by atoms with E-state index in [4.69, 9.17) is 42.6 Å². The molecule has 13 heteroatoms. The third-order valence-electron chi connectivity index (χ3n) is 7.50. The number of rotatable bonds is 9. The summed E-state index contributed by atoms with van der Waals surface area (Å²) in [6.07, 6.45) is -2.23. The maximum absolute atomic E-state index is 13.8. The average molecular weight is 606 g/mol. The number of benzene rings is 1. The van der Waals surface area contributed by atoms with Crippen LogP contribution < -0.4 is 9.64 Å². The van der Waals surface area contributed by atoms with Gasteiger partial charge in [0.05, 0.1) is 13.7 Å². The van der Waals surface area contributed by atoms with Gasteiger partial charge in [0, 0.05) is 19.5 Å². The van der Waals surface area contributed by atoms with Gasteiger partial charge >= 0.3 is 11.9 Å². The van der Waals surface area contributed by atoms with Crippen LogP contribution in [0.25, 0.3) is 0 Å². The van der Waals surface area contributed by atoms with Crippen molar-refractivity contribution in [1.29, 1.82) is 0 Å². The molecule has 0 N–H and O–H groups in total. The number of esters is 2. The molecule has 0 aromatic heterocycles. The highest BCUT2D eigenvalue weighted by Gasteiger charge is 2.62. The number of ether oxygens (including phenoxy) is 9. The minimum absolute atomic E-state index is 0.178. The van der Waals surface area contributed by atoms with Crippen LogP contribution in [0, 0.1) is 0 Å². The predicted molar refractivity (Wildman–Crippen MR) is 148 cm³/mol. The molecule has 4 heterocycles. The molecule has 0 radical (unpaired) electrons. The van der Waals surface area contributed by atoms with E-state index in [1.807, 2.05) is 13.8 Å². The standard InChI is InChI=1S/C30H39NO12/c1-16(32)36-14-21-20(38-17(2)33)12-13-23(39-21)40-27-24(31(28(27)34)18-8-10-19(35-7)11-9-18)26-25(42-30(5,6)43-26)22-15-37-29(3,4)41-22/h8-13,20-27H,14-15H2,1-7H3/t20-,21+,22?,23+,24+,25?,26+,27-/m0/s1. The van der Waals surface area contributed by atoms with Gasteiger partial charge < -0.3 is 47.5 Å². The van der Waals surface area contributed by atoms with Crippen LogP contribution in [0.3, 0.4) is 0 Å². The Labute approximate surface area is 250 Å². The Kier molecular flexibility index (Phi) is 8.85. The summed E-state index contributed by atoms with van der Waals surface area (Å²) in [6, 6.07) is 6.45. The van der Waals surface area contributed by atoms with Crippen molar-refractivity contribution in [2.75, 3.05) is 25.2 Å². The normalized spacial score (nSPS) is 34.5. The van der Waals surface area contributed by atoms with Crippen LogP contribution in [-0.2, 0) is 52.3 Å². The number of methoxy groups -OCH3 is 1. The quantitative estimate of drug-likeness (QED) is 0.232. The van der Waals surface area contributed by atoms with Gasteiger partial charge in [-0.2, -0.15) is 0 Å². The maximum atomic E-state index is 13.8. The summed E-state index contributed by atoms with van der Waals surface area (Å²) in [5.41, 5.74) is 0.620. The number of nitrogens with zero attached hydrogens (tertiary/aromatic N) is 1. The van der Waals surface area contributed by atoms with E-state index in [1.54, 1.807) is 62.3 Å². The Hall–Kier alpha value is -3.07. The molecule has 8 atom stereocenters. The van der Waals surface area contributed by atoms with Gasteiger partial charge in [-0.1, -0.05) is 0 Å². The van der Waals surface area contributed by atoms with Crippen molar-refractivity contribution in [2.24, 2.45) is 0 Å². The Bertz CT molecular complexity index is 1230. The smallest absolute Gasteiger partial charge is 0.303 e. The highest BCUT2D eigenvalue weighted by atomic mass is 16.8. The number of amides is 1. The van der Waals surface area contributed by atoms with Crippen molar-refractivity contribution < 1.29 is 57.0 Å². The molecule has 4 aliphatic heterocycles. The van der Waals surface area contributed by atoms with Gasteiger partial charge in [-0.15, -0.1) is 0 Å². The maximum Gasteiger partial charge on any atom is 0.303 e. The minimum Gasteiger partial charge on any atom is -0.497 e. The summed E-state index contributed by atoms with van der Waals surface area (Å²) in [5, 5.41) is 0. The van der Waals surface area contributed by atoms with Gasteiger partial charge in [0.25, 0.3) is 5.91 Å². The fraction of sp³-hybridized carbons (Fsp3) is 0.633. The Morgan fingerprint density at radius 2 is 1.65 bits per heavy atom. The van der Waals surface area contributed by atoms with E-state index in [2.05, 4.69) is 0 Å². The van der Waals surface area contributed by atoms with Crippen LogP contribution in [0.2, 0.25) is 0 Å². The summed E-state index contributed by atoms with van der Waals surface area (Å²) >= 11 is 0. The Morgan fingerprint density at radius 1 is 0.953 bits per heavy atom. The van der Waals surface area contributed by atoms with Crippen molar-refractivity contribution in [3.63, 3.8) is 0 Å². The minimum atomic E-state index is -1.01. The second-order valence-corrected chi connectivity index (χ2v) is 11.7. The molecule has 5 rings (SSSR count). The topological polar surface area (TPSA) is 138 Å². The molecule has 3 saturated heterocycles. The number of β-lactam (4-membered cyclic amide) rings is 1. The van der Waals surface area contributed by atoms with Gasteiger partial charge in [0.1, 0.15) is 48.9 Å². The second-order valence-electron chi connectivity index (χ2n) is 11.7. The van der Waals surface area contributed by atoms with Crippen molar-refractivity contribution in [3.8, 4) is 5.75 Å². The highest BCUT2D eigenvalue weighted by Crippen LogP contribution is 2.44. The fourth-order valence-electron chi connectivity index (χ4n) is 5.71. The zero-order chi connectivity index (χ0) is 31.1. The van der Waals surface area contributed by atoms with Crippen molar-refractivity contribution in [1.82, 2.24) is 0 Å². The van der Waals surface area contributed by atoms with Crippen LogP contribution in [-0.4, -0.2) is 98.7 Å². The lowest BCUT2D eigenvalue weighted by atomic mass is 9.87. The molecule has 43 heavy (non-hydrogen) atoms. The van der Waals surface area contributed by atoms with Crippen LogP contribution in [0.4, 0.5) is 5.69 Å². The lowest BCUT2D eigenvalue weighted by molar-refractivity contribution is -0.223. The third kappa shape index (κ3) is 6.87. The molecule has 0 bridgehead atoms.